The monoisotopic (exact) mass is 433 g/mol. The van der Waals surface area contributed by atoms with Crippen molar-refractivity contribution in [3.8, 4) is 0 Å². The number of aromatic nitrogens is 4. The molecule has 1 aliphatic heterocycles. The number of nitrogens with zero attached hydrogens (tertiary/aromatic N) is 3. The van der Waals surface area contributed by atoms with Crippen molar-refractivity contribution in [2.75, 3.05) is 12.3 Å². The smallest absolute Gasteiger partial charge is 0.394 e. The molecule has 0 aromatic carbocycles. The van der Waals surface area contributed by atoms with E-state index in [1.807, 2.05) is 4.98 Å². The molecule has 16 heteroatoms. The lowest BCUT2D eigenvalue weighted by Crippen LogP contribution is -2.44. The summed E-state index contributed by atoms with van der Waals surface area (Å²) in [5.41, 5.74) is 0.496. The van der Waals surface area contributed by atoms with Crippen LogP contribution in [-0.2, 0) is 11.3 Å². The lowest BCUT2D eigenvalue weighted by atomic mass is 10.1. The van der Waals surface area contributed by atoms with Crippen LogP contribution in [0.15, 0.2) is 9.59 Å². The number of fused-ring (bicyclic) bond motifs is 1. The second-order valence-electron chi connectivity index (χ2n) is 6.25. The fraction of sp³-hybridized carbons (Fsp3) is 0.615. The van der Waals surface area contributed by atoms with Crippen molar-refractivity contribution in [3.63, 3.8) is 0 Å². The number of rotatable bonds is 4. The van der Waals surface area contributed by atoms with Gasteiger partial charge in [0.05, 0.1) is 6.61 Å². The largest absolute Gasteiger partial charge is 0.455 e. The molecule has 29 heavy (non-hydrogen) atoms. The summed E-state index contributed by atoms with van der Waals surface area (Å²) in [7, 11) is 0. The predicted octanol–water partition coefficient (Wildman–Crippen LogP) is -0.745. The number of halogens is 6. The van der Waals surface area contributed by atoms with Crippen molar-refractivity contribution in [1.82, 2.24) is 19.1 Å². The van der Waals surface area contributed by atoms with Crippen molar-refractivity contribution in [1.29, 1.82) is 0 Å². The van der Waals surface area contributed by atoms with Gasteiger partial charge >= 0.3 is 17.8 Å². The maximum Gasteiger partial charge on any atom is 0.455 e. The Balaban J connectivity index is 2.27. The van der Waals surface area contributed by atoms with Gasteiger partial charge < -0.3 is 20.7 Å². The first-order chi connectivity index (χ1) is 13.3. The van der Waals surface area contributed by atoms with Crippen molar-refractivity contribution >= 4 is 17.1 Å². The number of imidazole rings is 1. The highest BCUT2D eigenvalue weighted by atomic mass is 19.4. The minimum absolute atomic E-state index is 0.219. The van der Waals surface area contributed by atoms with Gasteiger partial charge in [0, 0.05) is 0 Å². The van der Waals surface area contributed by atoms with Gasteiger partial charge in [-0.05, 0) is 0 Å². The molecule has 0 radical (unpaired) electrons. The zero-order chi connectivity index (χ0) is 21.9. The lowest BCUT2D eigenvalue weighted by molar-refractivity contribution is -0.286. The van der Waals surface area contributed by atoms with Crippen LogP contribution in [0.3, 0.4) is 0 Å². The van der Waals surface area contributed by atoms with Crippen LogP contribution in [0, 0.1) is 0 Å². The summed E-state index contributed by atoms with van der Waals surface area (Å²) in [5, 5.41) is 19.0. The van der Waals surface area contributed by atoms with Gasteiger partial charge in [-0.15, -0.1) is 0 Å². The SMILES string of the molecule is Nc1nc2c(c(=O)[nH]1)n(CC(F)(F)C(F)(F)F)c(=O)n2[C@@H]1O[C@H](CO)[C@@H](F)[C@H]1O. The highest BCUT2D eigenvalue weighted by molar-refractivity contribution is 5.71. The second-order valence-corrected chi connectivity index (χ2v) is 6.25. The first kappa shape index (κ1) is 21.1. The normalized spacial score (nSPS) is 25.8. The first-order valence-electron chi connectivity index (χ1n) is 7.83. The Kier molecular flexibility index (Phi) is 4.91. The Hall–Kier alpha value is -2.59. The van der Waals surface area contributed by atoms with E-state index in [1.54, 1.807) is 0 Å². The molecule has 1 fully saturated rings. The Morgan fingerprint density at radius 2 is 1.86 bits per heavy atom. The molecule has 0 spiro atoms. The van der Waals surface area contributed by atoms with Crippen LogP contribution >= 0.6 is 0 Å². The standard InChI is InChI=1S/C13H13F6N5O5/c14-4-3(1-25)29-9(6(4)26)24-7-5(8(27)22-10(20)21-7)23(11(24)28)2-12(15,16)13(17,18)19/h3-4,6,9,25-26H,1-2H2,(H3,20,21,22,27)/t3-,4-,6-,9-/m1/s1. The number of hydrogen-bond donors (Lipinski definition) is 4. The van der Waals surface area contributed by atoms with Gasteiger partial charge in [0.1, 0.15) is 18.8 Å². The van der Waals surface area contributed by atoms with Crippen LogP contribution < -0.4 is 17.0 Å². The third-order valence-corrected chi connectivity index (χ3v) is 4.32. The number of alkyl halides is 6. The van der Waals surface area contributed by atoms with E-state index < -0.39 is 78.2 Å². The molecule has 0 unspecified atom stereocenters. The summed E-state index contributed by atoms with van der Waals surface area (Å²) >= 11 is 0. The van der Waals surface area contributed by atoms with Crippen molar-refractivity contribution < 1.29 is 41.3 Å². The van der Waals surface area contributed by atoms with E-state index >= 15 is 0 Å². The number of ether oxygens (including phenoxy) is 1. The molecule has 3 heterocycles. The number of aromatic amines is 1. The summed E-state index contributed by atoms with van der Waals surface area (Å²) in [6.45, 7) is -3.23. The summed E-state index contributed by atoms with van der Waals surface area (Å²) in [4.78, 5) is 30.1. The van der Waals surface area contributed by atoms with Crippen molar-refractivity contribution in [2.45, 2.75) is 43.3 Å². The molecule has 162 valence electrons. The molecule has 3 rings (SSSR count). The maximum absolute atomic E-state index is 14.0. The number of nitrogens with two attached hydrogens (primary N) is 1. The van der Waals surface area contributed by atoms with Crippen LogP contribution in [0.4, 0.5) is 32.3 Å². The molecule has 0 bridgehead atoms. The number of aliphatic hydroxyl groups excluding tert-OH is 2. The van der Waals surface area contributed by atoms with Crippen LogP contribution in [-0.4, -0.2) is 66.4 Å². The van der Waals surface area contributed by atoms with E-state index in [2.05, 4.69) is 4.98 Å². The molecule has 4 atom stereocenters. The molecule has 0 saturated carbocycles. The third-order valence-electron chi connectivity index (χ3n) is 4.32. The third kappa shape index (κ3) is 3.25. The van der Waals surface area contributed by atoms with Gasteiger partial charge in [-0.1, -0.05) is 0 Å². The maximum atomic E-state index is 14.0. The average molecular weight is 433 g/mol. The Morgan fingerprint density at radius 1 is 1.24 bits per heavy atom. The van der Waals surface area contributed by atoms with Gasteiger partial charge in [0.2, 0.25) is 5.95 Å². The highest BCUT2D eigenvalue weighted by Gasteiger charge is 2.58. The number of anilines is 1. The molecule has 2 aromatic rings. The number of H-pyrrole nitrogens is 1. The fourth-order valence-electron chi connectivity index (χ4n) is 2.93. The molecule has 1 saturated heterocycles. The van der Waals surface area contributed by atoms with E-state index in [1.165, 1.54) is 0 Å². The van der Waals surface area contributed by atoms with E-state index in [-0.39, 0.29) is 9.13 Å². The van der Waals surface area contributed by atoms with Crippen LogP contribution in [0.25, 0.3) is 11.2 Å². The van der Waals surface area contributed by atoms with Gasteiger partial charge in [-0.3, -0.25) is 14.3 Å². The minimum atomic E-state index is -6.05. The van der Waals surface area contributed by atoms with Gasteiger partial charge in [0.15, 0.2) is 23.6 Å². The average Bonchev–Trinajstić information content (AvgIpc) is 3.01. The Bertz CT molecular complexity index is 1050. The highest BCUT2D eigenvalue weighted by Crippen LogP contribution is 2.37. The minimum Gasteiger partial charge on any atom is -0.394 e. The molecule has 10 nitrogen and oxygen atoms in total. The van der Waals surface area contributed by atoms with Crippen LogP contribution in [0.5, 0.6) is 0 Å². The molecule has 5 N–H and O–H groups in total. The Morgan fingerprint density at radius 3 is 2.38 bits per heavy atom. The van der Waals surface area contributed by atoms with Gasteiger partial charge in [-0.25, -0.2) is 13.8 Å². The quantitative estimate of drug-likeness (QED) is 0.464. The molecular formula is C13H13F6N5O5. The number of hydrogen-bond acceptors (Lipinski definition) is 7. The van der Waals surface area contributed by atoms with E-state index in [9.17, 15) is 41.0 Å². The summed E-state index contributed by atoms with van der Waals surface area (Å²) < 4.78 is 83.9. The predicted molar refractivity (Wildman–Crippen MR) is 81.9 cm³/mol. The lowest BCUT2D eigenvalue weighted by Gasteiger charge is -2.19. The van der Waals surface area contributed by atoms with Gasteiger partial charge in [0.25, 0.3) is 5.56 Å². The van der Waals surface area contributed by atoms with Crippen LogP contribution in [0.1, 0.15) is 6.23 Å². The van der Waals surface area contributed by atoms with Gasteiger partial charge in [-0.2, -0.15) is 26.9 Å². The molecule has 0 aliphatic carbocycles. The van der Waals surface area contributed by atoms with Crippen molar-refractivity contribution in [2.24, 2.45) is 0 Å². The van der Waals surface area contributed by atoms with Crippen LogP contribution in [0.2, 0.25) is 0 Å². The van der Waals surface area contributed by atoms with E-state index in [4.69, 9.17) is 15.6 Å². The molecule has 2 aromatic heterocycles. The Labute approximate surface area is 155 Å². The molecule has 1 aliphatic rings. The topological polar surface area (TPSA) is 148 Å². The van der Waals surface area contributed by atoms with E-state index in [0.29, 0.717) is 0 Å². The molecular weight excluding hydrogens is 420 g/mol. The first-order valence-corrected chi connectivity index (χ1v) is 7.83. The number of aliphatic hydroxyl groups is 2. The number of nitrogen functional groups attached to an aromatic ring is 1. The fourth-order valence-corrected chi connectivity index (χ4v) is 2.93. The number of nitrogens with one attached hydrogen (secondary N) is 1. The summed E-state index contributed by atoms with van der Waals surface area (Å²) in [6.07, 6.45) is -14.0. The second kappa shape index (κ2) is 6.74. The van der Waals surface area contributed by atoms with Crippen molar-refractivity contribution in [3.05, 3.63) is 20.8 Å². The summed E-state index contributed by atoms with van der Waals surface area (Å²) in [5.74, 6) is -6.06. The molecule has 0 amide bonds. The zero-order valence-corrected chi connectivity index (χ0v) is 14.0. The zero-order valence-electron chi connectivity index (χ0n) is 14.0. The summed E-state index contributed by atoms with van der Waals surface area (Å²) in [6, 6.07) is 0. The van der Waals surface area contributed by atoms with E-state index in [0.717, 1.165) is 0 Å².